The van der Waals surface area contributed by atoms with Gasteiger partial charge >= 0.3 is 0 Å². The van der Waals surface area contributed by atoms with Crippen LogP contribution in [-0.4, -0.2) is 31.7 Å². The van der Waals surface area contributed by atoms with Gasteiger partial charge in [0.1, 0.15) is 23.9 Å². The zero-order chi connectivity index (χ0) is 17.6. The lowest BCUT2D eigenvalue weighted by atomic mass is 9.95. The molecule has 0 saturated carbocycles. The van der Waals surface area contributed by atoms with Gasteiger partial charge in [0.25, 0.3) is 0 Å². The van der Waals surface area contributed by atoms with Crippen molar-refractivity contribution in [2.75, 3.05) is 20.3 Å². The first-order valence-electron chi connectivity index (χ1n) is 8.54. The summed E-state index contributed by atoms with van der Waals surface area (Å²) >= 11 is 0. The molecule has 0 aliphatic carbocycles. The molecule has 0 saturated heterocycles. The lowest BCUT2D eigenvalue weighted by molar-refractivity contribution is -0.0795. The van der Waals surface area contributed by atoms with Gasteiger partial charge < -0.3 is 24.1 Å². The van der Waals surface area contributed by atoms with E-state index in [1.165, 1.54) is 0 Å². The van der Waals surface area contributed by atoms with Gasteiger partial charge in [-0.1, -0.05) is 30.3 Å². The molecule has 0 bridgehead atoms. The zero-order valence-electron chi connectivity index (χ0n) is 14.6. The molecule has 1 aliphatic heterocycles. The molecule has 3 rings (SSSR count). The Morgan fingerprint density at radius 3 is 2.64 bits per heavy atom. The molecule has 2 aromatic carbocycles. The average molecular weight is 344 g/mol. The van der Waals surface area contributed by atoms with Gasteiger partial charge in [-0.2, -0.15) is 0 Å². The Hall–Kier alpha value is -2.24. The van der Waals surface area contributed by atoms with Gasteiger partial charge in [-0.15, -0.1) is 0 Å². The SMILES string of the molecule is CCOC1Oc2cc(OC)cc(OCc3ccccc3)c2[C@H]1CCO. The Kier molecular flexibility index (Phi) is 5.79. The third kappa shape index (κ3) is 3.89. The van der Waals surface area contributed by atoms with Gasteiger partial charge in [-0.25, -0.2) is 0 Å². The van der Waals surface area contributed by atoms with E-state index in [0.29, 0.717) is 36.9 Å². The number of aliphatic hydroxyl groups is 1. The van der Waals surface area contributed by atoms with Gasteiger partial charge in [-0.3, -0.25) is 0 Å². The van der Waals surface area contributed by atoms with E-state index in [9.17, 15) is 5.11 Å². The Morgan fingerprint density at radius 2 is 1.96 bits per heavy atom. The molecule has 5 heteroatoms. The maximum absolute atomic E-state index is 9.46. The summed E-state index contributed by atoms with van der Waals surface area (Å²) in [6.07, 6.45) is 0.129. The highest BCUT2D eigenvalue weighted by molar-refractivity contribution is 5.55. The topological polar surface area (TPSA) is 57.2 Å². The van der Waals surface area contributed by atoms with Crippen LogP contribution in [0, 0.1) is 0 Å². The van der Waals surface area contributed by atoms with Crippen LogP contribution in [0.5, 0.6) is 17.2 Å². The monoisotopic (exact) mass is 344 g/mol. The molecule has 0 aromatic heterocycles. The van der Waals surface area contributed by atoms with Crippen LogP contribution in [0.2, 0.25) is 0 Å². The molecule has 1 aliphatic rings. The van der Waals surface area contributed by atoms with Crippen molar-refractivity contribution in [1.29, 1.82) is 0 Å². The Balaban J connectivity index is 1.91. The van der Waals surface area contributed by atoms with Crippen LogP contribution in [0.3, 0.4) is 0 Å². The van der Waals surface area contributed by atoms with E-state index in [2.05, 4.69) is 0 Å². The fourth-order valence-electron chi connectivity index (χ4n) is 3.09. The first kappa shape index (κ1) is 17.6. The Labute approximate surface area is 148 Å². The highest BCUT2D eigenvalue weighted by Gasteiger charge is 2.38. The molecule has 0 fully saturated rings. The van der Waals surface area contributed by atoms with E-state index in [-0.39, 0.29) is 12.5 Å². The number of hydrogen-bond donors (Lipinski definition) is 1. The van der Waals surface area contributed by atoms with Crippen molar-refractivity contribution < 1.29 is 24.1 Å². The number of fused-ring (bicyclic) bond motifs is 1. The predicted molar refractivity (Wildman–Crippen MR) is 94.3 cm³/mol. The third-order valence-electron chi connectivity index (χ3n) is 4.26. The summed E-state index contributed by atoms with van der Waals surface area (Å²) in [5.41, 5.74) is 2.02. The molecular formula is C20H24O5. The van der Waals surface area contributed by atoms with E-state index in [1.807, 2.05) is 49.4 Å². The van der Waals surface area contributed by atoms with E-state index in [0.717, 1.165) is 11.1 Å². The predicted octanol–water partition coefficient (Wildman–Crippen LogP) is 3.50. The molecule has 1 heterocycles. The van der Waals surface area contributed by atoms with E-state index >= 15 is 0 Å². The number of methoxy groups -OCH3 is 1. The Bertz CT molecular complexity index is 686. The van der Waals surface area contributed by atoms with Crippen LogP contribution in [0.4, 0.5) is 0 Å². The molecule has 2 aromatic rings. The number of ether oxygens (including phenoxy) is 4. The standard InChI is InChI=1S/C20H24O5/c1-3-23-20-16(9-10-21)19-17(11-15(22-2)12-18(19)25-20)24-13-14-7-5-4-6-8-14/h4-8,11-12,16,20-21H,3,9-10,13H2,1-2H3/t16-,20?/m1/s1. The normalized spacial score (nSPS) is 18.5. The Morgan fingerprint density at radius 1 is 1.16 bits per heavy atom. The summed E-state index contributed by atoms with van der Waals surface area (Å²) in [7, 11) is 1.61. The second-order valence-electron chi connectivity index (χ2n) is 5.87. The summed E-state index contributed by atoms with van der Waals surface area (Å²) in [4.78, 5) is 0. The van der Waals surface area contributed by atoms with Crippen molar-refractivity contribution in [1.82, 2.24) is 0 Å². The van der Waals surface area contributed by atoms with Crippen molar-refractivity contribution in [3.05, 3.63) is 53.6 Å². The molecule has 0 amide bonds. The first-order chi connectivity index (χ1) is 12.3. The van der Waals surface area contributed by atoms with Crippen LogP contribution < -0.4 is 14.2 Å². The van der Waals surface area contributed by atoms with Crippen molar-refractivity contribution >= 4 is 0 Å². The third-order valence-corrected chi connectivity index (χ3v) is 4.26. The molecule has 1 unspecified atom stereocenters. The lowest BCUT2D eigenvalue weighted by Gasteiger charge is -2.19. The quantitative estimate of drug-likeness (QED) is 0.794. The highest BCUT2D eigenvalue weighted by atomic mass is 16.7. The lowest BCUT2D eigenvalue weighted by Crippen LogP contribution is -2.23. The van der Waals surface area contributed by atoms with E-state index < -0.39 is 6.29 Å². The van der Waals surface area contributed by atoms with Crippen LogP contribution in [0.25, 0.3) is 0 Å². The molecule has 5 nitrogen and oxygen atoms in total. The number of benzene rings is 2. The molecule has 2 atom stereocenters. The molecule has 1 N–H and O–H groups in total. The van der Waals surface area contributed by atoms with Gasteiger partial charge in [-0.05, 0) is 18.9 Å². The van der Waals surface area contributed by atoms with Crippen LogP contribution >= 0.6 is 0 Å². The average Bonchev–Trinajstić information content (AvgIpc) is 2.98. The summed E-state index contributed by atoms with van der Waals surface area (Å²) < 4.78 is 23.1. The summed E-state index contributed by atoms with van der Waals surface area (Å²) in [6.45, 7) is 2.97. The molecular weight excluding hydrogens is 320 g/mol. The molecule has 134 valence electrons. The molecule has 25 heavy (non-hydrogen) atoms. The van der Waals surface area contributed by atoms with Crippen LogP contribution in [0.1, 0.15) is 30.4 Å². The van der Waals surface area contributed by atoms with Gasteiger partial charge in [0.15, 0.2) is 0 Å². The second kappa shape index (κ2) is 8.23. The van der Waals surface area contributed by atoms with Crippen molar-refractivity contribution in [2.24, 2.45) is 0 Å². The van der Waals surface area contributed by atoms with Crippen LogP contribution in [0.15, 0.2) is 42.5 Å². The van der Waals surface area contributed by atoms with Crippen molar-refractivity contribution in [3.63, 3.8) is 0 Å². The minimum absolute atomic E-state index is 0.0567. The number of rotatable bonds is 8. The molecule has 0 radical (unpaired) electrons. The second-order valence-corrected chi connectivity index (χ2v) is 5.87. The maximum atomic E-state index is 9.46. The van der Waals surface area contributed by atoms with E-state index in [1.54, 1.807) is 7.11 Å². The van der Waals surface area contributed by atoms with Gasteiger partial charge in [0.05, 0.1) is 13.0 Å². The molecule has 0 spiro atoms. The summed E-state index contributed by atoms with van der Waals surface area (Å²) in [5.74, 6) is 2.00. The summed E-state index contributed by atoms with van der Waals surface area (Å²) in [6, 6.07) is 13.7. The fraction of sp³-hybridized carbons (Fsp3) is 0.400. The maximum Gasteiger partial charge on any atom is 0.207 e. The highest BCUT2D eigenvalue weighted by Crippen LogP contribution is 2.48. The first-order valence-corrected chi connectivity index (χ1v) is 8.54. The fourth-order valence-corrected chi connectivity index (χ4v) is 3.09. The van der Waals surface area contributed by atoms with Crippen molar-refractivity contribution in [3.8, 4) is 17.2 Å². The van der Waals surface area contributed by atoms with Crippen LogP contribution in [-0.2, 0) is 11.3 Å². The largest absolute Gasteiger partial charge is 0.496 e. The summed E-state index contributed by atoms with van der Waals surface area (Å²) in [5, 5.41) is 9.46. The smallest absolute Gasteiger partial charge is 0.207 e. The van der Waals surface area contributed by atoms with E-state index in [4.69, 9.17) is 18.9 Å². The zero-order valence-corrected chi connectivity index (χ0v) is 14.6. The number of aliphatic hydroxyl groups excluding tert-OH is 1. The van der Waals surface area contributed by atoms with Gasteiger partial charge in [0, 0.05) is 30.9 Å². The number of hydrogen-bond acceptors (Lipinski definition) is 5. The minimum Gasteiger partial charge on any atom is -0.496 e. The van der Waals surface area contributed by atoms with Gasteiger partial charge in [0.2, 0.25) is 6.29 Å². The minimum atomic E-state index is -0.418. The van der Waals surface area contributed by atoms with Crippen molar-refractivity contribution in [2.45, 2.75) is 32.2 Å².